The number of carbonyl (C=O) groups is 1. The lowest BCUT2D eigenvalue weighted by Crippen LogP contribution is -2.31. The first-order valence-electron chi connectivity index (χ1n) is 4.21. The van der Waals surface area contributed by atoms with Gasteiger partial charge in [0.1, 0.15) is 18.5 Å². The molecule has 1 aliphatic rings. The minimum Gasteiger partial charge on any atom is -0.491 e. The monoisotopic (exact) mass is 170 g/mol. The van der Waals surface area contributed by atoms with Crippen LogP contribution in [0.25, 0.3) is 0 Å². The van der Waals surface area contributed by atoms with Crippen molar-refractivity contribution in [2.75, 3.05) is 6.61 Å². The number of aliphatic hydroxyl groups is 1. The Morgan fingerprint density at radius 1 is 1.67 bits per heavy atom. The van der Waals surface area contributed by atoms with Gasteiger partial charge in [0.15, 0.2) is 5.78 Å². The van der Waals surface area contributed by atoms with Crippen molar-refractivity contribution in [3.8, 4) is 0 Å². The Hall–Kier alpha value is -0.830. The molecule has 0 aliphatic carbocycles. The molecular weight excluding hydrogens is 156 g/mol. The van der Waals surface area contributed by atoms with Crippen LogP contribution in [-0.2, 0) is 9.53 Å². The third kappa shape index (κ3) is 1.67. The first kappa shape index (κ1) is 9.26. The Balaban J connectivity index is 2.75. The number of carbonyl (C=O) groups excluding carboxylic acids is 1. The Labute approximate surface area is 72.0 Å². The van der Waals surface area contributed by atoms with Crippen molar-refractivity contribution >= 4 is 5.78 Å². The molecule has 1 N–H and O–H groups in total. The van der Waals surface area contributed by atoms with Gasteiger partial charge >= 0.3 is 0 Å². The second kappa shape index (κ2) is 3.72. The summed E-state index contributed by atoms with van der Waals surface area (Å²) >= 11 is 0. The second-order valence-corrected chi connectivity index (χ2v) is 3.02. The van der Waals surface area contributed by atoms with Crippen LogP contribution in [0.2, 0.25) is 0 Å². The Morgan fingerprint density at radius 3 is 2.83 bits per heavy atom. The Morgan fingerprint density at radius 2 is 2.33 bits per heavy atom. The minimum atomic E-state index is -0.186. The topological polar surface area (TPSA) is 46.5 Å². The molecule has 1 aliphatic heterocycles. The highest BCUT2D eigenvalue weighted by Crippen LogP contribution is 2.21. The van der Waals surface area contributed by atoms with Gasteiger partial charge in [0.2, 0.25) is 0 Å². The summed E-state index contributed by atoms with van der Waals surface area (Å²) < 4.78 is 5.36. The molecule has 3 nitrogen and oxygen atoms in total. The van der Waals surface area contributed by atoms with Gasteiger partial charge in [-0.25, -0.2) is 0 Å². The summed E-state index contributed by atoms with van der Waals surface area (Å²) in [6.07, 6.45) is 2.12. The van der Waals surface area contributed by atoms with Crippen LogP contribution in [-0.4, -0.2) is 23.6 Å². The zero-order valence-corrected chi connectivity index (χ0v) is 7.41. The third-order valence-electron chi connectivity index (χ3n) is 2.17. The number of rotatable bonds is 2. The Kier molecular flexibility index (Phi) is 2.87. The molecule has 0 aromatic carbocycles. The summed E-state index contributed by atoms with van der Waals surface area (Å²) in [4.78, 5) is 11.3. The zero-order chi connectivity index (χ0) is 9.14. The summed E-state index contributed by atoms with van der Waals surface area (Å²) in [6, 6.07) is 0. The molecule has 0 spiro atoms. The van der Waals surface area contributed by atoms with Gasteiger partial charge in [-0.15, -0.1) is 0 Å². The normalized spacial score (nSPS) is 29.6. The van der Waals surface area contributed by atoms with E-state index in [4.69, 9.17) is 9.84 Å². The molecule has 0 aromatic rings. The van der Waals surface area contributed by atoms with Gasteiger partial charge in [0, 0.05) is 6.08 Å². The van der Waals surface area contributed by atoms with Crippen LogP contribution in [0.3, 0.4) is 0 Å². The number of hydrogen-bond donors (Lipinski definition) is 1. The van der Waals surface area contributed by atoms with E-state index >= 15 is 0 Å². The number of allylic oxidation sites excluding steroid dienone is 1. The highest BCUT2D eigenvalue weighted by atomic mass is 16.5. The van der Waals surface area contributed by atoms with Gasteiger partial charge < -0.3 is 9.84 Å². The van der Waals surface area contributed by atoms with E-state index in [1.807, 2.05) is 13.8 Å². The van der Waals surface area contributed by atoms with Crippen molar-refractivity contribution in [2.24, 2.45) is 5.92 Å². The van der Waals surface area contributed by atoms with E-state index in [1.54, 1.807) is 0 Å². The quantitative estimate of drug-likeness (QED) is 0.669. The lowest BCUT2D eigenvalue weighted by Gasteiger charge is -2.27. The molecule has 3 heteroatoms. The fourth-order valence-electron chi connectivity index (χ4n) is 1.32. The minimum absolute atomic E-state index is 0.0529. The van der Waals surface area contributed by atoms with Crippen LogP contribution >= 0.6 is 0 Å². The molecule has 12 heavy (non-hydrogen) atoms. The predicted octanol–water partition coefficient (Wildman–Crippen LogP) is 0.877. The summed E-state index contributed by atoms with van der Waals surface area (Å²) in [5, 5.41) is 8.76. The standard InChI is InChI=1S/C9H14O3/c1-3-9-6(2)8(11)4-7(5-10)12-9/h4,6,9-10H,3,5H2,1-2H3/t6-,9-/m0/s1. The lowest BCUT2D eigenvalue weighted by atomic mass is 9.95. The average Bonchev–Trinajstić information content (AvgIpc) is 2.09. The van der Waals surface area contributed by atoms with Crippen molar-refractivity contribution in [3.05, 3.63) is 11.8 Å². The van der Waals surface area contributed by atoms with Crippen LogP contribution in [0.5, 0.6) is 0 Å². The highest BCUT2D eigenvalue weighted by Gasteiger charge is 2.27. The van der Waals surface area contributed by atoms with Gasteiger partial charge in [-0.2, -0.15) is 0 Å². The van der Waals surface area contributed by atoms with Gasteiger partial charge in [0.05, 0.1) is 5.92 Å². The van der Waals surface area contributed by atoms with Crippen LogP contribution < -0.4 is 0 Å². The van der Waals surface area contributed by atoms with Crippen molar-refractivity contribution in [1.82, 2.24) is 0 Å². The third-order valence-corrected chi connectivity index (χ3v) is 2.17. The molecule has 1 rings (SSSR count). The first-order valence-corrected chi connectivity index (χ1v) is 4.21. The maximum atomic E-state index is 11.3. The van der Waals surface area contributed by atoms with Crippen LogP contribution in [0, 0.1) is 5.92 Å². The predicted molar refractivity (Wildman–Crippen MR) is 44.5 cm³/mol. The molecule has 0 aromatic heterocycles. The molecule has 0 bridgehead atoms. The SMILES string of the molecule is CC[C@@H]1OC(CO)=CC(=O)[C@@H]1C. The smallest absolute Gasteiger partial charge is 0.165 e. The van der Waals surface area contributed by atoms with Crippen molar-refractivity contribution in [3.63, 3.8) is 0 Å². The van der Waals surface area contributed by atoms with E-state index < -0.39 is 0 Å². The summed E-state index contributed by atoms with van der Waals surface area (Å²) in [5.41, 5.74) is 0. The number of ketones is 1. The van der Waals surface area contributed by atoms with E-state index in [2.05, 4.69) is 0 Å². The van der Waals surface area contributed by atoms with E-state index in [9.17, 15) is 4.79 Å². The fraction of sp³-hybridized carbons (Fsp3) is 0.667. The number of aliphatic hydroxyl groups excluding tert-OH is 1. The van der Waals surface area contributed by atoms with E-state index in [-0.39, 0.29) is 24.4 Å². The molecule has 0 amide bonds. The maximum Gasteiger partial charge on any atom is 0.165 e. The van der Waals surface area contributed by atoms with Crippen LogP contribution in [0.1, 0.15) is 20.3 Å². The maximum absolute atomic E-state index is 11.3. The van der Waals surface area contributed by atoms with Gasteiger partial charge in [-0.05, 0) is 6.42 Å². The molecule has 0 saturated heterocycles. The second-order valence-electron chi connectivity index (χ2n) is 3.02. The van der Waals surface area contributed by atoms with Crippen LogP contribution in [0.15, 0.2) is 11.8 Å². The Bertz CT molecular complexity index is 208. The summed E-state index contributed by atoms with van der Waals surface area (Å²) in [7, 11) is 0. The summed E-state index contributed by atoms with van der Waals surface area (Å²) in [5.74, 6) is 0.368. The molecular formula is C9H14O3. The van der Waals surface area contributed by atoms with Crippen molar-refractivity contribution in [1.29, 1.82) is 0 Å². The van der Waals surface area contributed by atoms with E-state index in [0.717, 1.165) is 6.42 Å². The average molecular weight is 170 g/mol. The van der Waals surface area contributed by atoms with Gasteiger partial charge in [-0.1, -0.05) is 13.8 Å². The molecule has 1 heterocycles. The highest BCUT2D eigenvalue weighted by molar-refractivity contribution is 5.93. The molecule has 0 saturated carbocycles. The lowest BCUT2D eigenvalue weighted by molar-refractivity contribution is -0.124. The number of ether oxygens (including phenoxy) is 1. The van der Waals surface area contributed by atoms with E-state index in [1.165, 1.54) is 6.08 Å². The van der Waals surface area contributed by atoms with Crippen molar-refractivity contribution in [2.45, 2.75) is 26.4 Å². The zero-order valence-electron chi connectivity index (χ0n) is 7.41. The van der Waals surface area contributed by atoms with Gasteiger partial charge in [0.25, 0.3) is 0 Å². The van der Waals surface area contributed by atoms with E-state index in [0.29, 0.717) is 5.76 Å². The molecule has 0 fully saturated rings. The van der Waals surface area contributed by atoms with Crippen molar-refractivity contribution < 1.29 is 14.6 Å². The van der Waals surface area contributed by atoms with Gasteiger partial charge in [-0.3, -0.25) is 4.79 Å². The fourth-order valence-corrected chi connectivity index (χ4v) is 1.32. The first-order chi connectivity index (χ1) is 5.69. The number of hydrogen-bond acceptors (Lipinski definition) is 3. The molecule has 2 atom stereocenters. The molecule has 0 radical (unpaired) electrons. The molecule has 68 valence electrons. The largest absolute Gasteiger partial charge is 0.491 e. The molecule has 0 unspecified atom stereocenters. The summed E-state index contributed by atoms with van der Waals surface area (Å²) in [6.45, 7) is 3.63. The van der Waals surface area contributed by atoms with Crippen LogP contribution in [0.4, 0.5) is 0 Å².